The molecule has 8 heteroatoms. The van der Waals surface area contributed by atoms with Gasteiger partial charge in [0.15, 0.2) is 11.6 Å². The van der Waals surface area contributed by atoms with Gasteiger partial charge in [-0.25, -0.2) is 0 Å². The summed E-state index contributed by atoms with van der Waals surface area (Å²) < 4.78 is 2.02. The molecule has 0 radical (unpaired) electrons. The fraction of sp³-hybridized carbons (Fsp3) is 0.217. The fourth-order valence-corrected chi connectivity index (χ4v) is 3.85. The molecule has 1 saturated heterocycles. The third-order valence-electron chi connectivity index (χ3n) is 5.55. The normalized spacial score (nSPS) is 14.1. The molecule has 0 bridgehead atoms. The van der Waals surface area contributed by atoms with Gasteiger partial charge >= 0.3 is 0 Å². The van der Waals surface area contributed by atoms with E-state index in [2.05, 4.69) is 31.5 Å². The van der Waals surface area contributed by atoms with Crippen molar-refractivity contribution in [1.29, 1.82) is 0 Å². The van der Waals surface area contributed by atoms with Crippen molar-refractivity contribution in [3.63, 3.8) is 0 Å². The van der Waals surface area contributed by atoms with Crippen LogP contribution in [0.25, 0.3) is 10.9 Å². The van der Waals surface area contributed by atoms with Gasteiger partial charge in [-0.05, 0) is 41.8 Å². The number of hydrogen-bond acceptors (Lipinski definition) is 6. The highest BCUT2D eigenvalue weighted by Crippen LogP contribution is 2.18. The lowest BCUT2D eigenvalue weighted by Gasteiger charge is -2.35. The molecule has 5 rings (SSSR count). The number of amides is 1. The molecule has 4 aromatic rings. The first-order valence-corrected chi connectivity index (χ1v) is 10.3. The second kappa shape index (κ2) is 8.43. The molecule has 31 heavy (non-hydrogen) atoms. The third kappa shape index (κ3) is 4.18. The summed E-state index contributed by atoms with van der Waals surface area (Å²) >= 11 is 0. The Labute approximate surface area is 180 Å². The maximum absolute atomic E-state index is 12.8. The van der Waals surface area contributed by atoms with Crippen molar-refractivity contribution in [2.24, 2.45) is 0 Å². The Bertz CT molecular complexity index is 1170. The van der Waals surface area contributed by atoms with E-state index in [1.165, 1.54) is 0 Å². The van der Waals surface area contributed by atoms with Gasteiger partial charge in [0.25, 0.3) is 0 Å². The first-order valence-electron chi connectivity index (χ1n) is 10.3. The molecule has 8 nitrogen and oxygen atoms in total. The van der Waals surface area contributed by atoms with Crippen molar-refractivity contribution in [2.75, 3.05) is 36.4 Å². The van der Waals surface area contributed by atoms with Crippen molar-refractivity contribution in [1.82, 2.24) is 24.6 Å². The summed E-state index contributed by atoms with van der Waals surface area (Å²) in [5.74, 6) is 1.65. The molecule has 0 saturated carbocycles. The highest BCUT2D eigenvalue weighted by Gasteiger charge is 2.22. The Hall–Kier alpha value is -3.94. The van der Waals surface area contributed by atoms with Gasteiger partial charge in [0.1, 0.15) is 6.54 Å². The number of pyridine rings is 1. The van der Waals surface area contributed by atoms with Crippen LogP contribution in [-0.2, 0) is 11.3 Å². The second-order valence-electron chi connectivity index (χ2n) is 7.51. The van der Waals surface area contributed by atoms with E-state index in [9.17, 15) is 4.79 Å². The van der Waals surface area contributed by atoms with Crippen LogP contribution in [0.5, 0.6) is 0 Å². The van der Waals surface area contributed by atoms with Crippen LogP contribution in [0.2, 0.25) is 0 Å². The molecule has 0 unspecified atom stereocenters. The van der Waals surface area contributed by atoms with Crippen LogP contribution in [0.3, 0.4) is 0 Å². The zero-order chi connectivity index (χ0) is 21.0. The second-order valence-corrected chi connectivity index (χ2v) is 7.51. The minimum absolute atomic E-state index is 0.143. The number of nitrogens with zero attached hydrogens (tertiary/aromatic N) is 6. The standard InChI is InChI=1S/C23H23N7O/c31-23(17-30-12-9-18-3-1-2-4-20(18)30)29-15-13-28(14-16-29)22-6-5-21(26-27-22)25-19-7-10-24-11-8-19/h1-12H,13-17H2,(H,24,25,26). The molecule has 1 aliphatic heterocycles. The molecule has 0 atom stereocenters. The summed E-state index contributed by atoms with van der Waals surface area (Å²) in [5.41, 5.74) is 2.00. The number of nitrogens with one attached hydrogen (secondary N) is 1. The molecule has 1 fully saturated rings. The smallest absolute Gasteiger partial charge is 0.242 e. The number of fused-ring (bicyclic) bond motifs is 1. The van der Waals surface area contributed by atoms with Crippen LogP contribution in [-0.4, -0.2) is 56.7 Å². The monoisotopic (exact) mass is 413 g/mol. The van der Waals surface area contributed by atoms with Crippen LogP contribution in [0.1, 0.15) is 0 Å². The summed E-state index contributed by atoms with van der Waals surface area (Å²) in [5, 5.41) is 13.0. The van der Waals surface area contributed by atoms with E-state index >= 15 is 0 Å². The topological polar surface area (TPSA) is 79.2 Å². The Balaban J connectivity index is 1.17. The number of piperazine rings is 1. The Kier molecular flexibility index (Phi) is 5.18. The first-order chi connectivity index (χ1) is 15.3. The Morgan fingerprint density at radius 3 is 2.48 bits per heavy atom. The molecule has 0 aliphatic carbocycles. The van der Waals surface area contributed by atoms with E-state index in [0.717, 1.165) is 35.5 Å². The number of carbonyl (C=O) groups is 1. The van der Waals surface area contributed by atoms with Gasteiger partial charge in [0.05, 0.1) is 0 Å². The maximum Gasteiger partial charge on any atom is 0.242 e. The van der Waals surface area contributed by atoms with Gasteiger partial charge in [-0.1, -0.05) is 18.2 Å². The van der Waals surface area contributed by atoms with Crippen molar-refractivity contribution >= 4 is 34.1 Å². The maximum atomic E-state index is 12.8. The lowest BCUT2D eigenvalue weighted by atomic mass is 10.2. The van der Waals surface area contributed by atoms with Crippen LogP contribution in [0.15, 0.2) is 73.2 Å². The zero-order valence-electron chi connectivity index (χ0n) is 17.1. The number of rotatable bonds is 5. The minimum atomic E-state index is 0.143. The van der Waals surface area contributed by atoms with Crippen LogP contribution in [0.4, 0.5) is 17.3 Å². The lowest BCUT2D eigenvalue weighted by molar-refractivity contribution is -0.132. The van der Waals surface area contributed by atoms with Gasteiger partial charge in [0, 0.05) is 56.0 Å². The van der Waals surface area contributed by atoms with Crippen molar-refractivity contribution < 1.29 is 4.79 Å². The number of benzene rings is 1. The minimum Gasteiger partial charge on any atom is -0.352 e. The molecule has 4 heterocycles. The predicted octanol–water partition coefficient (Wildman–Crippen LogP) is 2.92. The number of carbonyl (C=O) groups excluding carboxylic acids is 1. The molecular formula is C23H23N7O. The highest BCUT2D eigenvalue weighted by atomic mass is 16.2. The lowest BCUT2D eigenvalue weighted by Crippen LogP contribution is -2.49. The van der Waals surface area contributed by atoms with E-state index in [1.54, 1.807) is 12.4 Å². The highest BCUT2D eigenvalue weighted by molar-refractivity contribution is 5.83. The summed E-state index contributed by atoms with van der Waals surface area (Å²) in [6.07, 6.45) is 5.43. The van der Waals surface area contributed by atoms with Crippen molar-refractivity contribution in [2.45, 2.75) is 6.54 Å². The van der Waals surface area contributed by atoms with Crippen LogP contribution >= 0.6 is 0 Å². The van der Waals surface area contributed by atoms with Gasteiger partial charge in [-0.15, -0.1) is 10.2 Å². The SMILES string of the molecule is O=C(Cn1ccc2ccccc21)N1CCN(c2ccc(Nc3ccncc3)nn2)CC1. The summed E-state index contributed by atoms with van der Waals surface area (Å²) in [7, 11) is 0. The molecule has 156 valence electrons. The molecule has 1 amide bonds. The van der Waals surface area contributed by atoms with Gasteiger partial charge in [0.2, 0.25) is 5.91 Å². The molecule has 1 N–H and O–H groups in total. The Morgan fingerprint density at radius 2 is 1.71 bits per heavy atom. The van der Waals surface area contributed by atoms with Gasteiger partial charge in [-0.3, -0.25) is 9.78 Å². The van der Waals surface area contributed by atoms with Crippen LogP contribution in [0, 0.1) is 0 Å². The number of para-hydroxylation sites is 1. The largest absolute Gasteiger partial charge is 0.352 e. The quantitative estimate of drug-likeness (QED) is 0.542. The average molecular weight is 413 g/mol. The van der Waals surface area contributed by atoms with Crippen molar-refractivity contribution in [3.8, 4) is 0 Å². The van der Waals surface area contributed by atoms with E-state index in [-0.39, 0.29) is 5.91 Å². The fourth-order valence-electron chi connectivity index (χ4n) is 3.85. The number of anilines is 3. The average Bonchev–Trinajstić information content (AvgIpc) is 3.23. The zero-order valence-corrected chi connectivity index (χ0v) is 17.1. The summed E-state index contributed by atoms with van der Waals surface area (Å²) in [4.78, 5) is 20.9. The molecule has 1 aliphatic rings. The summed E-state index contributed by atoms with van der Waals surface area (Å²) in [6.45, 7) is 3.20. The van der Waals surface area contributed by atoms with Crippen LogP contribution < -0.4 is 10.2 Å². The van der Waals surface area contributed by atoms with Crippen molar-refractivity contribution in [3.05, 3.63) is 73.2 Å². The van der Waals surface area contributed by atoms with E-state index < -0.39 is 0 Å². The predicted molar refractivity (Wildman–Crippen MR) is 120 cm³/mol. The molecule has 0 spiro atoms. The van der Waals surface area contributed by atoms with Gasteiger partial charge < -0.3 is 19.7 Å². The third-order valence-corrected chi connectivity index (χ3v) is 5.55. The van der Waals surface area contributed by atoms with E-state index in [1.807, 2.05) is 64.2 Å². The first kappa shape index (κ1) is 19.0. The Morgan fingerprint density at radius 1 is 0.903 bits per heavy atom. The number of aromatic nitrogens is 4. The summed E-state index contributed by atoms with van der Waals surface area (Å²) in [6, 6.07) is 17.8. The van der Waals surface area contributed by atoms with E-state index in [0.29, 0.717) is 25.5 Å². The van der Waals surface area contributed by atoms with Gasteiger partial charge in [-0.2, -0.15) is 0 Å². The number of hydrogen-bond donors (Lipinski definition) is 1. The molecule has 1 aromatic carbocycles. The molecular weight excluding hydrogens is 390 g/mol. The molecule has 3 aromatic heterocycles. The van der Waals surface area contributed by atoms with E-state index in [4.69, 9.17) is 0 Å².